The Kier molecular flexibility index (Phi) is 7.15. The predicted octanol–water partition coefficient (Wildman–Crippen LogP) is 4.85. The third-order valence-electron chi connectivity index (χ3n) is 5.75. The minimum atomic E-state index is -4.49. The van der Waals surface area contributed by atoms with Gasteiger partial charge in [0.05, 0.1) is 17.4 Å². The zero-order valence-electron chi connectivity index (χ0n) is 19.2. The maximum atomic E-state index is 13.1. The van der Waals surface area contributed by atoms with E-state index in [0.717, 1.165) is 42.3 Å². The van der Waals surface area contributed by atoms with Gasteiger partial charge in [0, 0.05) is 24.8 Å². The number of nitrogens with zero attached hydrogens (tertiary/aromatic N) is 4. The molecule has 11 heteroatoms. The lowest BCUT2D eigenvalue weighted by atomic mass is 10.1. The van der Waals surface area contributed by atoms with E-state index in [1.165, 1.54) is 12.1 Å². The van der Waals surface area contributed by atoms with Crippen molar-refractivity contribution in [3.63, 3.8) is 0 Å². The standard InChI is InChI=1S/C24H24F3N5O2S/c1-15-6-3-7-16(12-15)22(34)32-11-5-10-19(32)21-29-30-23(31(21)2)35-14-20(33)28-18-9-4-8-17(13-18)24(25,26)27/h3-4,6-9,12-13,19H,5,10-11,14H2,1-2H3,(H,28,33). The van der Waals surface area contributed by atoms with Gasteiger partial charge in [0.15, 0.2) is 11.0 Å². The number of aryl methyl sites for hydroxylation is 1. The molecule has 0 bridgehead atoms. The number of amides is 2. The van der Waals surface area contributed by atoms with Crippen LogP contribution in [-0.2, 0) is 18.0 Å². The molecule has 0 radical (unpaired) electrons. The number of hydrogen-bond acceptors (Lipinski definition) is 5. The molecule has 35 heavy (non-hydrogen) atoms. The Morgan fingerprint density at radius 1 is 1.14 bits per heavy atom. The van der Waals surface area contributed by atoms with Crippen molar-refractivity contribution >= 4 is 29.3 Å². The van der Waals surface area contributed by atoms with Crippen molar-refractivity contribution in [2.45, 2.75) is 37.1 Å². The van der Waals surface area contributed by atoms with Crippen LogP contribution in [0.3, 0.4) is 0 Å². The number of alkyl halides is 3. The Morgan fingerprint density at radius 3 is 2.66 bits per heavy atom. The van der Waals surface area contributed by atoms with E-state index in [4.69, 9.17) is 0 Å². The molecule has 1 atom stereocenters. The summed E-state index contributed by atoms with van der Waals surface area (Å²) in [6.07, 6.45) is -2.89. The second-order valence-corrected chi connectivity index (χ2v) is 9.28. The summed E-state index contributed by atoms with van der Waals surface area (Å²) in [6.45, 7) is 2.56. The molecule has 4 rings (SSSR count). The molecule has 1 N–H and O–H groups in total. The Labute approximate surface area is 204 Å². The van der Waals surface area contributed by atoms with Crippen LogP contribution in [0.5, 0.6) is 0 Å². The highest BCUT2D eigenvalue weighted by Gasteiger charge is 2.34. The maximum absolute atomic E-state index is 13.1. The molecular formula is C24H24F3N5O2S. The van der Waals surface area contributed by atoms with Crippen molar-refractivity contribution in [1.29, 1.82) is 0 Å². The van der Waals surface area contributed by atoms with Crippen molar-refractivity contribution in [2.75, 3.05) is 17.6 Å². The summed E-state index contributed by atoms with van der Waals surface area (Å²) in [5.41, 5.74) is 0.870. The smallest absolute Gasteiger partial charge is 0.328 e. The van der Waals surface area contributed by atoms with Crippen LogP contribution < -0.4 is 5.32 Å². The van der Waals surface area contributed by atoms with Crippen molar-refractivity contribution in [3.8, 4) is 0 Å². The first kappa shape index (κ1) is 24.8. The summed E-state index contributed by atoms with van der Waals surface area (Å²) in [7, 11) is 1.77. The topological polar surface area (TPSA) is 80.1 Å². The van der Waals surface area contributed by atoms with Crippen LogP contribution in [0.25, 0.3) is 0 Å². The molecular weight excluding hydrogens is 479 g/mol. The average molecular weight is 504 g/mol. The highest BCUT2D eigenvalue weighted by molar-refractivity contribution is 7.99. The van der Waals surface area contributed by atoms with Crippen LogP contribution in [0.1, 0.15) is 46.2 Å². The zero-order valence-corrected chi connectivity index (χ0v) is 20.0. The van der Waals surface area contributed by atoms with Crippen molar-refractivity contribution in [2.24, 2.45) is 7.05 Å². The van der Waals surface area contributed by atoms with E-state index in [2.05, 4.69) is 15.5 Å². The van der Waals surface area contributed by atoms with Gasteiger partial charge in [-0.25, -0.2) is 0 Å². The molecule has 2 heterocycles. The molecule has 1 aromatic heterocycles. The van der Waals surface area contributed by atoms with Gasteiger partial charge in [-0.1, -0.05) is 35.5 Å². The highest BCUT2D eigenvalue weighted by atomic mass is 32.2. The molecule has 1 saturated heterocycles. The lowest BCUT2D eigenvalue weighted by molar-refractivity contribution is -0.137. The molecule has 1 fully saturated rings. The van der Waals surface area contributed by atoms with Gasteiger partial charge < -0.3 is 14.8 Å². The number of nitrogens with one attached hydrogen (secondary N) is 1. The molecule has 7 nitrogen and oxygen atoms in total. The molecule has 3 aromatic rings. The first-order valence-electron chi connectivity index (χ1n) is 11.0. The van der Waals surface area contributed by atoms with Gasteiger partial charge in [0.2, 0.25) is 5.91 Å². The Hall–Kier alpha value is -3.34. The fraction of sp³-hybridized carbons (Fsp3) is 0.333. The summed E-state index contributed by atoms with van der Waals surface area (Å²) in [6, 6.07) is 11.7. The van der Waals surface area contributed by atoms with Crippen LogP contribution in [-0.4, -0.2) is 43.8 Å². The van der Waals surface area contributed by atoms with Crippen molar-refractivity contribution < 1.29 is 22.8 Å². The van der Waals surface area contributed by atoms with Crippen LogP contribution in [0.2, 0.25) is 0 Å². The van der Waals surface area contributed by atoms with E-state index < -0.39 is 17.6 Å². The number of rotatable bonds is 6. The number of aromatic nitrogens is 3. The summed E-state index contributed by atoms with van der Waals surface area (Å²) < 4.78 is 40.4. The second kappa shape index (κ2) is 10.1. The monoisotopic (exact) mass is 503 g/mol. The largest absolute Gasteiger partial charge is 0.416 e. The Bertz CT molecular complexity index is 1240. The third-order valence-corrected chi connectivity index (χ3v) is 6.77. The average Bonchev–Trinajstić information content (AvgIpc) is 3.43. The van der Waals surface area contributed by atoms with Crippen LogP contribution >= 0.6 is 11.8 Å². The Morgan fingerprint density at radius 2 is 1.91 bits per heavy atom. The quantitative estimate of drug-likeness (QED) is 0.487. The maximum Gasteiger partial charge on any atom is 0.416 e. The number of hydrogen-bond donors (Lipinski definition) is 1. The van der Waals surface area contributed by atoms with Gasteiger partial charge in [-0.15, -0.1) is 10.2 Å². The minimum absolute atomic E-state index is 0.0567. The molecule has 2 amide bonds. The third kappa shape index (κ3) is 5.67. The van der Waals surface area contributed by atoms with E-state index in [0.29, 0.717) is 23.1 Å². The lowest BCUT2D eigenvalue weighted by Crippen LogP contribution is -2.32. The van der Waals surface area contributed by atoms with Gasteiger partial charge in [0.1, 0.15) is 0 Å². The summed E-state index contributed by atoms with van der Waals surface area (Å²) >= 11 is 1.12. The molecule has 1 unspecified atom stereocenters. The van der Waals surface area contributed by atoms with Gasteiger partial charge in [-0.05, 0) is 50.1 Å². The zero-order chi connectivity index (χ0) is 25.2. The van der Waals surface area contributed by atoms with E-state index in [9.17, 15) is 22.8 Å². The number of halogens is 3. The van der Waals surface area contributed by atoms with Gasteiger partial charge in [-0.3, -0.25) is 9.59 Å². The van der Waals surface area contributed by atoms with Crippen LogP contribution in [0.15, 0.2) is 53.7 Å². The SMILES string of the molecule is Cc1cccc(C(=O)N2CCCC2c2nnc(SCC(=O)Nc3cccc(C(F)(F)F)c3)n2C)c1. The summed E-state index contributed by atoms with van der Waals surface area (Å²) in [4.78, 5) is 27.2. The van der Waals surface area contributed by atoms with Gasteiger partial charge in [0.25, 0.3) is 5.91 Å². The molecule has 1 aliphatic heterocycles. The van der Waals surface area contributed by atoms with Crippen molar-refractivity contribution in [3.05, 3.63) is 71.0 Å². The van der Waals surface area contributed by atoms with Crippen LogP contribution in [0.4, 0.5) is 18.9 Å². The molecule has 0 saturated carbocycles. The molecule has 2 aromatic carbocycles. The Balaban J connectivity index is 1.41. The number of benzene rings is 2. The number of thioether (sulfide) groups is 1. The summed E-state index contributed by atoms with van der Waals surface area (Å²) in [5.74, 6) is 0.0490. The van der Waals surface area contributed by atoms with Gasteiger partial charge in [-0.2, -0.15) is 13.2 Å². The first-order valence-corrected chi connectivity index (χ1v) is 12.0. The van der Waals surface area contributed by atoms with E-state index >= 15 is 0 Å². The summed E-state index contributed by atoms with van der Waals surface area (Å²) in [5, 5.41) is 11.4. The lowest BCUT2D eigenvalue weighted by Gasteiger charge is -2.24. The molecule has 184 valence electrons. The number of likely N-dealkylation sites (tertiary alicyclic amines) is 1. The highest BCUT2D eigenvalue weighted by Crippen LogP contribution is 2.34. The fourth-order valence-corrected chi connectivity index (χ4v) is 4.78. The predicted molar refractivity (Wildman–Crippen MR) is 126 cm³/mol. The van der Waals surface area contributed by atoms with Crippen molar-refractivity contribution in [1.82, 2.24) is 19.7 Å². The van der Waals surface area contributed by atoms with E-state index in [-0.39, 0.29) is 23.4 Å². The van der Waals surface area contributed by atoms with E-state index in [1.54, 1.807) is 22.6 Å². The van der Waals surface area contributed by atoms with E-state index in [1.807, 2.05) is 25.1 Å². The van der Waals surface area contributed by atoms with Gasteiger partial charge >= 0.3 is 6.18 Å². The first-order chi connectivity index (χ1) is 16.6. The fourth-order valence-electron chi connectivity index (χ4n) is 4.06. The molecule has 0 aliphatic carbocycles. The number of anilines is 1. The minimum Gasteiger partial charge on any atom is -0.328 e. The molecule has 0 spiro atoms. The normalized spacial score (nSPS) is 15.9. The number of carbonyl (C=O) groups is 2. The second-order valence-electron chi connectivity index (χ2n) is 8.34. The molecule has 1 aliphatic rings. The van der Waals surface area contributed by atoms with Crippen LogP contribution in [0, 0.1) is 6.92 Å². The number of carbonyl (C=O) groups excluding carboxylic acids is 2.